The molecule has 1 rings (SSSR count). The van der Waals surface area contributed by atoms with E-state index < -0.39 is 11.9 Å². The maximum Gasteiger partial charge on any atom is 0.306 e. The summed E-state index contributed by atoms with van der Waals surface area (Å²) < 4.78 is 0. The third-order valence-electron chi connectivity index (χ3n) is 2.98. The molecule has 0 bridgehead atoms. The Kier molecular flexibility index (Phi) is 2.90. The van der Waals surface area contributed by atoms with Crippen LogP contribution in [-0.4, -0.2) is 17.0 Å². The van der Waals surface area contributed by atoms with Gasteiger partial charge in [0.15, 0.2) is 0 Å². The summed E-state index contributed by atoms with van der Waals surface area (Å²) in [6.45, 7) is 1.80. The van der Waals surface area contributed by atoms with Crippen LogP contribution in [0.25, 0.3) is 0 Å². The second kappa shape index (κ2) is 3.77. The first-order valence-electron chi connectivity index (χ1n) is 4.56. The number of aliphatic carboxylic acids is 1. The van der Waals surface area contributed by atoms with Crippen molar-refractivity contribution in [2.24, 2.45) is 23.5 Å². The first-order chi connectivity index (χ1) is 6.04. The molecule has 1 saturated carbocycles. The van der Waals surface area contributed by atoms with Crippen LogP contribution in [0.1, 0.15) is 26.2 Å². The number of nitrogens with two attached hydrogens (primary N) is 1. The number of primary amides is 1. The molecule has 0 spiro atoms. The molecule has 4 heteroatoms. The first-order valence-corrected chi connectivity index (χ1v) is 4.56. The van der Waals surface area contributed by atoms with Crippen LogP contribution in [0.15, 0.2) is 0 Å². The quantitative estimate of drug-likeness (QED) is 0.661. The van der Waals surface area contributed by atoms with Crippen LogP contribution in [0, 0.1) is 17.8 Å². The summed E-state index contributed by atoms with van der Waals surface area (Å²) in [6.07, 6.45) is 2.19. The lowest BCUT2D eigenvalue weighted by Crippen LogP contribution is -2.38. The van der Waals surface area contributed by atoms with Crippen LogP contribution in [0.4, 0.5) is 0 Å². The fourth-order valence-electron chi connectivity index (χ4n) is 2.11. The monoisotopic (exact) mass is 185 g/mol. The minimum Gasteiger partial charge on any atom is -0.481 e. The van der Waals surface area contributed by atoms with E-state index in [1.54, 1.807) is 6.92 Å². The second-order valence-electron chi connectivity index (χ2n) is 3.74. The lowest BCUT2D eigenvalue weighted by atomic mass is 9.73. The predicted octanol–water partition coefficient (Wildman–Crippen LogP) is 0.609. The largest absolute Gasteiger partial charge is 0.481 e. The molecule has 0 saturated heterocycles. The van der Waals surface area contributed by atoms with E-state index in [0.717, 1.165) is 12.8 Å². The molecular weight excluding hydrogens is 170 g/mol. The summed E-state index contributed by atoms with van der Waals surface area (Å²) in [5, 5.41) is 8.86. The molecule has 0 radical (unpaired) electrons. The molecule has 74 valence electrons. The lowest BCUT2D eigenvalue weighted by Gasteiger charge is -2.31. The minimum absolute atomic E-state index is 0.122. The highest BCUT2D eigenvalue weighted by Crippen LogP contribution is 2.34. The van der Waals surface area contributed by atoms with Crippen molar-refractivity contribution in [2.75, 3.05) is 0 Å². The van der Waals surface area contributed by atoms with Gasteiger partial charge in [-0.05, 0) is 18.8 Å². The molecule has 4 nitrogen and oxygen atoms in total. The van der Waals surface area contributed by atoms with Crippen LogP contribution >= 0.6 is 0 Å². The van der Waals surface area contributed by atoms with Gasteiger partial charge in [0.1, 0.15) is 0 Å². The van der Waals surface area contributed by atoms with Gasteiger partial charge in [0.2, 0.25) is 5.91 Å². The van der Waals surface area contributed by atoms with Crippen molar-refractivity contribution in [3.8, 4) is 0 Å². The molecule has 1 fully saturated rings. The van der Waals surface area contributed by atoms with Gasteiger partial charge < -0.3 is 10.8 Å². The molecule has 1 aliphatic rings. The van der Waals surface area contributed by atoms with E-state index in [1.807, 2.05) is 0 Å². The van der Waals surface area contributed by atoms with Crippen LogP contribution in [0.5, 0.6) is 0 Å². The summed E-state index contributed by atoms with van der Waals surface area (Å²) in [5.41, 5.74) is 5.19. The SMILES string of the molecule is CC1C(C(N)=O)CCCC1C(=O)O. The van der Waals surface area contributed by atoms with E-state index in [0.29, 0.717) is 6.42 Å². The normalized spacial score (nSPS) is 34.1. The second-order valence-corrected chi connectivity index (χ2v) is 3.74. The minimum atomic E-state index is -0.807. The van der Waals surface area contributed by atoms with Crippen LogP contribution in [-0.2, 0) is 9.59 Å². The number of hydrogen-bond acceptors (Lipinski definition) is 2. The number of hydrogen-bond donors (Lipinski definition) is 2. The summed E-state index contributed by atoms with van der Waals surface area (Å²) >= 11 is 0. The number of carboxylic acid groups (broad SMARTS) is 1. The van der Waals surface area contributed by atoms with E-state index in [-0.39, 0.29) is 17.7 Å². The highest BCUT2D eigenvalue weighted by molar-refractivity contribution is 5.79. The Balaban J connectivity index is 2.71. The van der Waals surface area contributed by atoms with Crippen molar-refractivity contribution >= 4 is 11.9 Å². The fourth-order valence-corrected chi connectivity index (χ4v) is 2.11. The van der Waals surface area contributed by atoms with Crippen LogP contribution in [0.3, 0.4) is 0 Å². The summed E-state index contributed by atoms with van der Waals surface area (Å²) in [4.78, 5) is 21.7. The van der Waals surface area contributed by atoms with Gasteiger partial charge in [-0.25, -0.2) is 0 Å². The molecule has 1 amide bonds. The van der Waals surface area contributed by atoms with Crippen LogP contribution in [0.2, 0.25) is 0 Å². The number of carbonyl (C=O) groups excluding carboxylic acids is 1. The zero-order valence-corrected chi connectivity index (χ0v) is 7.69. The molecular formula is C9H15NO3. The summed E-state index contributed by atoms with van der Waals surface area (Å²) in [7, 11) is 0. The topological polar surface area (TPSA) is 80.4 Å². The summed E-state index contributed by atoms with van der Waals surface area (Å²) in [6, 6.07) is 0. The Morgan fingerprint density at radius 3 is 2.31 bits per heavy atom. The van der Waals surface area contributed by atoms with Gasteiger partial charge in [0.05, 0.1) is 5.92 Å². The maximum absolute atomic E-state index is 11.0. The zero-order chi connectivity index (χ0) is 10.0. The highest BCUT2D eigenvalue weighted by atomic mass is 16.4. The molecule has 0 aromatic carbocycles. The molecule has 1 aliphatic carbocycles. The van der Waals surface area contributed by atoms with Crippen molar-refractivity contribution in [3.63, 3.8) is 0 Å². The first kappa shape index (κ1) is 10.0. The molecule has 0 heterocycles. The molecule has 0 aliphatic heterocycles. The average Bonchev–Trinajstić information content (AvgIpc) is 2.03. The van der Waals surface area contributed by atoms with Gasteiger partial charge >= 0.3 is 5.97 Å². The average molecular weight is 185 g/mol. The molecule has 0 aromatic rings. The van der Waals surface area contributed by atoms with Gasteiger partial charge in [-0.2, -0.15) is 0 Å². The number of rotatable bonds is 2. The Labute approximate surface area is 77.1 Å². The van der Waals surface area contributed by atoms with E-state index >= 15 is 0 Å². The van der Waals surface area contributed by atoms with E-state index in [4.69, 9.17) is 10.8 Å². The van der Waals surface area contributed by atoms with E-state index in [1.165, 1.54) is 0 Å². The number of carbonyl (C=O) groups is 2. The highest BCUT2D eigenvalue weighted by Gasteiger charge is 2.36. The molecule has 3 atom stereocenters. The van der Waals surface area contributed by atoms with E-state index in [9.17, 15) is 9.59 Å². The lowest BCUT2D eigenvalue weighted by molar-refractivity contribution is -0.146. The Morgan fingerprint density at radius 1 is 1.31 bits per heavy atom. The molecule has 3 unspecified atom stereocenters. The third-order valence-corrected chi connectivity index (χ3v) is 2.98. The van der Waals surface area contributed by atoms with Crippen molar-refractivity contribution in [2.45, 2.75) is 26.2 Å². The van der Waals surface area contributed by atoms with Gasteiger partial charge in [0.25, 0.3) is 0 Å². The zero-order valence-electron chi connectivity index (χ0n) is 7.69. The fraction of sp³-hybridized carbons (Fsp3) is 0.778. The van der Waals surface area contributed by atoms with Crippen LogP contribution < -0.4 is 5.73 Å². The third kappa shape index (κ3) is 1.99. The molecule has 3 N–H and O–H groups in total. The van der Waals surface area contributed by atoms with Crippen molar-refractivity contribution < 1.29 is 14.7 Å². The van der Waals surface area contributed by atoms with Crippen molar-refractivity contribution in [1.82, 2.24) is 0 Å². The Hall–Kier alpha value is -1.06. The number of carboxylic acids is 1. The number of amides is 1. The van der Waals surface area contributed by atoms with Crippen molar-refractivity contribution in [1.29, 1.82) is 0 Å². The summed E-state index contributed by atoms with van der Waals surface area (Å²) in [5.74, 6) is -1.94. The van der Waals surface area contributed by atoms with Gasteiger partial charge in [-0.15, -0.1) is 0 Å². The Morgan fingerprint density at radius 2 is 1.85 bits per heavy atom. The predicted molar refractivity (Wildman–Crippen MR) is 46.8 cm³/mol. The maximum atomic E-state index is 11.0. The van der Waals surface area contributed by atoms with E-state index in [2.05, 4.69) is 0 Å². The Bertz CT molecular complexity index is 205. The molecule has 0 aromatic heterocycles. The van der Waals surface area contributed by atoms with Gasteiger partial charge in [0, 0.05) is 5.92 Å². The smallest absolute Gasteiger partial charge is 0.306 e. The molecule has 13 heavy (non-hydrogen) atoms. The standard InChI is InChI=1S/C9H15NO3/c1-5-6(8(10)11)3-2-4-7(5)9(12)13/h5-7H,2-4H2,1H3,(H2,10,11)(H,12,13). The van der Waals surface area contributed by atoms with Gasteiger partial charge in [-0.1, -0.05) is 13.3 Å². The van der Waals surface area contributed by atoms with Gasteiger partial charge in [-0.3, -0.25) is 9.59 Å². The van der Waals surface area contributed by atoms with Crippen molar-refractivity contribution in [3.05, 3.63) is 0 Å².